The summed E-state index contributed by atoms with van der Waals surface area (Å²) in [6, 6.07) is 2.24. The van der Waals surface area contributed by atoms with Crippen LogP contribution in [0.1, 0.15) is 24.4 Å². The molecule has 0 radical (unpaired) electrons. The molecule has 1 aliphatic rings. The second-order valence-electron chi connectivity index (χ2n) is 5.27. The molecule has 0 aromatic carbocycles. The lowest BCUT2D eigenvalue weighted by Gasteiger charge is -2.33. The number of methoxy groups -OCH3 is 1. The second kappa shape index (κ2) is 5.59. The van der Waals surface area contributed by atoms with Crippen molar-refractivity contribution in [2.45, 2.75) is 25.8 Å². The molecule has 0 bridgehead atoms. The van der Waals surface area contributed by atoms with E-state index in [2.05, 4.69) is 20.0 Å². The van der Waals surface area contributed by atoms with Gasteiger partial charge in [-0.2, -0.15) is 5.10 Å². The van der Waals surface area contributed by atoms with E-state index in [0.717, 1.165) is 37.3 Å². The summed E-state index contributed by atoms with van der Waals surface area (Å²) in [6.07, 6.45) is 5.55. The summed E-state index contributed by atoms with van der Waals surface area (Å²) in [5.41, 5.74) is 6.67. The Bertz CT molecular complexity index is 618. The maximum atomic E-state index is 5.68. The molecular formula is C14H20N6O. The highest BCUT2D eigenvalue weighted by atomic mass is 16.5. The van der Waals surface area contributed by atoms with Crippen molar-refractivity contribution < 1.29 is 4.74 Å². The Balaban J connectivity index is 1.71. The molecular weight excluding hydrogens is 268 g/mol. The summed E-state index contributed by atoms with van der Waals surface area (Å²) in [7, 11) is 1.63. The van der Waals surface area contributed by atoms with Crippen molar-refractivity contribution in [3.8, 4) is 5.88 Å². The molecule has 112 valence electrons. The Morgan fingerprint density at radius 3 is 2.67 bits per heavy atom. The van der Waals surface area contributed by atoms with Gasteiger partial charge in [-0.25, -0.2) is 9.97 Å². The lowest BCUT2D eigenvalue weighted by molar-refractivity contribution is 0.364. The Kier molecular flexibility index (Phi) is 3.64. The number of anilines is 2. The molecule has 0 saturated carbocycles. The fourth-order valence-electron chi connectivity index (χ4n) is 2.85. The van der Waals surface area contributed by atoms with Gasteiger partial charge in [-0.1, -0.05) is 0 Å². The number of rotatable bonds is 3. The van der Waals surface area contributed by atoms with Crippen LogP contribution in [0.3, 0.4) is 0 Å². The zero-order valence-corrected chi connectivity index (χ0v) is 12.4. The van der Waals surface area contributed by atoms with Crippen LogP contribution >= 0.6 is 0 Å². The molecule has 1 fully saturated rings. The van der Waals surface area contributed by atoms with Crippen LogP contribution < -0.4 is 15.4 Å². The van der Waals surface area contributed by atoms with Crippen LogP contribution in [0, 0.1) is 6.92 Å². The van der Waals surface area contributed by atoms with Crippen LogP contribution in [-0.4, -0.2) is 39.9 Å². The van der Waals surface area contributed by atoms with E-state index >= 15 is 0 Å². The van der Waals surface area contributed by atoms with E-state index in [1.54, 1.807) is 13.4 Å². The van der Waals surface area contributed by atoms with Gasteiger partial charge in [-0.05, 0) is 25.8 Å². The van der Waals surface area contributed by atoms with E-state index in [0.29, 0.717) is 17.7 Å². The number of nitrogens with zero attached hydrogens (tertiary/aromatic N) is 5. The van der Waals surface area contributed by atoms with E-state index < -0.39 is 0 Å². The van der Waals surface area contributed by atoms with Crippen LogP contribution in [0.15, 0.2) is 18.6 Å². The van der Waals surface area contributed by atoms with Crippen molar-refractivity contribution in [1.82, 2.24) is 19.7 Å². The maximum absolute atomic E-state index is 5.68. The monoisotopic (exact) mass is 288 g/mol. The molecule has 1 saturated heterocycles. The third-order valence-electron chi connectivity index (χ3n) is 3.97. The number of aromatic nitrogens is 4. The number of piperidine rings is 1. The fraction of sp³-hybridized carbons (Fsp3) is 0.500. The van der Waals surface area contributed by atoms with Gasteiger partial charge in [-0.15, -0.1) is 0 Å². The van der Waals surface area contributed by atoms with Crippen molar-refractivity contribution in [1.29, 1.82) is 0 Å². The van der Waals surface area contributed by atoms with Gasteiger partial charge < -0.3 is 15.4 Å². The molecule has 21 heavy (non-hydrogen) atoms. The van der Waals surface area contributed by atoms with Crippen molar-refractivity contribution >= 4 is 11.6 Å². The van der Waals surface area contributed by atoms with Crippen LogP contribution in [0.5, 0.6) is 5.88 Å². The maximum Gasteiger partial charge on any atom is 0.221 e. The first-order valence-electron chi connectivity index (χ1n) is 7.10. The molecule has 0 unspecified atom stereocenters. The molecule has 0 atom stereocenters. The van der Waals surface area contributed by atoms with E-state index in [1.165, 1.54) is 0 Å². The van der Waals surface area contributed by atoms with E-state index in [9.17, 15) is 0 Å². The fourth-order valence-corrected chi connectivity index (χ4v) is 2.85. The minimum absolute atomic E-state index is 0.405. The van der Waals surface area contributed by atoms with Crippen molar-refractivity contribution in [2.75, 3.05) is 30.8 Å². The normalized spacial score (nSPS) is 16.2. The number of hydrogen-bond donors (Lipinski definition) is 1. The Hall–Kier alpha value is -2.31. The standard InChI is InChI=1S/C14H20N6O/c1-10-13(16-9-17-14(10)21-2)19-6-3-11(4-7-19)20-8-5-12(15)18-20/h5,8-9,11H,3-4,6-7H2,1-2H3,(H2,15,18). The summed E-state index contributed by atoms with van der Waals surface area (Å²) in [5.74, 6) is 2.18. The van der Waals surface area contributed by atoms with Gasteiger partial charge in [-0.3, -0.25) is 4.68 Å². The smallest absolute Gasteiger partial charge is 0.221 e. The average molecular weight is 288 g/mol. The third kappa shape index (κ3) is 2.63. The zero-order chi connectivity index (χ0) is 14.8. The molecule has 7 nitrogen and oxygen atoms in total. The van der Waals surface area contributed by atoms with E-state index in [4.69, 9.17) is 10.5 Å². The molecule has 0 amide bonds. The molecule has 2 aromatic heterocycles. The number of ether oxygens (including phenoxy) is 1. The lowest BCUT2D eigenvalue weighted by atomic mass is 10.0. The SMILES string of the molecule is COc1ncnc(N2CCC(n3ccc(N)n3)CC2)c1C. The van der Waals surface area contributed by atoms with Crippen molar-refractivity contribution in [2.24, 2.45) is 0 Å². The zero-order valence-electron chi connectivity index (χ0n) is 12.4. The predicted octanol–water partition coefficient (Wildman–Crippen LogP) is 1.41. The molecule has 2 N–H and O–H groups in total. The van der Waals surface area contributed by atoms with Gasteiger partial charge in [0.1, 0.15) is 18.0 Å². The van der Waals surface area contributed by atoms with Crippen LogP contribution in [0.4, 0.5) is 11.6 Å². The quantitative estimate of drug-likeness (QED) is 0.919. The van der Waals surface area contributed by atoms with Crippen molar-refractivity contribution in [3.05, 3.63) is 24.2 Å². The molecule has 3 rings (SSSR count). The summed E-state index contributed by atoms with van der Waals surface area (Å²) in [6.45, 7) is 3.87. The average Bonchev–Trinajstić information content (AvgIpc) is 2.94. The van der Waals surface area contributed by atoms with Gasteiger partial charge >= 0.3 is 0 Å². The highest BCUT2D eigenvalue weighted by molar-refractivity contribution is 5.50. The van der Waals surface area contributed by atoms with Crippen LogP contribution in [0.2, 0.25) is 0 Å². The highest BCUT2D eigenvalue weighted by Gasteiger charge is 2.23. The highest BCUT2D eigenvalue weighted by Crippen LogP contribution is 2.29. The van der Waals surface area contributed by atoms with Gasteiger partial charge in [0.15, 0.2) is 0 Å². The largest absolute Gasteiger partial charge is 0.481 e. The Labute approximate surface area is 123 Å². The topological polar surface area (TPSA) is 82.1 Å². The minimum Gasteiger partial charge on any atom is -0.481 e. The van der Waals surface area contributed by atoms with Gasteiger partial charge in [0.2, 0.25) is 5.88 Å². The summed E-state index contributed by atoms with van der Waals surface area (Å²) in [4.78, 5) is 10.8. The molecule has 1 aliphatic heterocycles. The van der Waals surface area contributed by atoms with E-state index in [1.807, 2.05) is 23.9 Å². The molecule has 0 spiro atoms. The van der Waals surface area contributed by atoms with E-state index in [-0.39, 0.29) is 0 Å². The van der Waals surface area contributed by atoms with Gasteiger partial charge in [0.25, 0.3) is 0 Å². The number of nitrogens with two attached hydrogens (primary N) is 1. The first-order chi connectivity index (χ1) is 10.2. The van der Waals surface area contributed by atoms with Crippen LogP contribution in [-0.2, 0) is 0 Å². The number of hydrogen-bond acceptors (Lipinski definition) is 6. The van der Waals surface area contributed by atoms with Gasteiger partial charge in [0.05, 0.1) is 18.7 Å². The Morgan fingerprint density at radius 2 is 2.05 bits per heavy atom. The van der Waals surface area contributed by atoms with Gasteiger partial charge in [0, 0.05) is 19.3 Å². The molecule has 0 aliphatic carbocycles. The first kappa shape index (κ1) is 13.7. The van der Waals surface area contributed by atoms with Crippen LogP contribution in [0.25, 0.3) is 0 Å². The second-order valence-corrected chi connectivity index (χ2v) is 5.27. The summed E-state index contributed by atoms with van der Waals surface area (Å²) < 4.78 is 7.24. The minimum atomic E-state index is 0.405. The summed E-state index contributed by atoms with van der Waals surface area (Å²) >= 11 is 0. The third-order valence-corrected chi connectivity index (χ3v) is 3.97. The molecule has 3 heterocycles. The Morgan fingerprint density at radius 1 is 1.29 bits per heavy atom. The predicted molar refractivity (Wildman–Crippen MR) is 80.4 cm³/mol. The summed E-state index contributed by atoms with van der Waals surface area (Å²) in [5, 5.41) is 4.31. The molecule has 2 aromatic rings. The molecule has 7 heteroatoms. The van der Waals surface area contributed by atoms with Crippen molar-refractivity contribution in [3.63, 3.8) is 0 Å². The number of nitrogen functional groups attached to an aromatic ring is 1. The lowest BCUT2D eigenvalue weighted by Crippen LogP contribution is -2.35. The first-order valence-corrected chi connectivity index (χ1v) is 7.10.